The van der Waals surface area contributed by atoms with Crippen molar-refractivity contribution >= 4 is 6.01 Å². The first-order valence-corrected chi connectivity index (χ1v) is 4.82. The third-order valence-corrected chi connectivity index (χ3v) is 2.23. The predicted molar refractivity (Wildman–Crippen MR) is 55.1 cm³/mol. The second kappa shape index (κ2) is 3.41. The highest BCUT2D eigenvalue weighted by atomic mass is 16.6. The SMILES string of the molecule is Nc1nnc(-c2ccc3c(c2)OCCO3)o1. The van der Waals surface area contributed by atoms with Crippen LogP contribution in [0.4, 0.5) is 6.01 Å². The minimum atomic E-state index is 0.0462. The lowest BCUT2D eigenvalue weighted by Gasteiger charge is -2.18. The molecule has 0 unspecified atom stereocenters. The second-order valence-corrected chi connectivity index (χ2v) is 3.30. The van der Waals surface area contributed by atoms with Crippen molar-refractivity contribution in [3.63, 3.8) is 0 Å². The van der Waals surface area contributed by atoms with Gasteiger partial charge >= 0.3 is 6.01 Å². The van der Waals surface area contributed by atoms with Crippen LogP contribution in [0.5, 0.6) is 11.5 Å². The molecule has 16 heavy (non-hydrogen) atoms. The molecular weight excluding hydrogens is 210 g/mol. The Bertz CT molecular complexity index is 524. The van der Waals surface area contributed by atoms with Gasteiger partial charge in [-0.05, 0) is 18.2 Å². The minimum absolute atomic E-state index is 0.0462. The average Bonchev–Trinajstić information content (AvgIpc) is 2.75. The number of hydrogen-bond acceptors (Lipinski definition) is 6. The number of anilines is 1. The summed E-state index contributed by atoms with van der Waals surface area (Å²) in [6.45, 7) is 1.11. The van der Waals surface area contributed by atoms with Gasteiger partial charge in [-0.25, -0.2) is 0 Å². The fourth-order valence-corrected chi connectivity index (χ4v) is 1.53. The quantitative estimate of drug-likeness (QED) is 0.772. The minimum Gasteiger partial charge on any atom is -0.486 e. The molecule has 0 spiro atoms. The van der Waals surface area contributed by atoms with Crippen LogP contribution >= 0.6 is 0 Å². The van der Waals surface area contributed by atoms with Crippen LogP contribution in [-0.2, 0) is 0 Å². The van der Waals surface area contributed by atoms with Gasteiger partial charge in [-0.3, -0.25) is 0 Å². The maximum Gasteiger partial charge on any atom is 0.313 e. The Kier molecular flexibility index (Phi) is 1.92. The Morgan fingerprint density at radius 1 is 1.06 bits per heavy atom. The van der Waals surface area contributed by atoms with Gasteiger partial charge < -0.3 is 19.6 Å². The fraction of sp³-hybridized carbons (Fsp3) is 0.200. The van der Waals surface area contributed by atoms with Crippen LogP contribution in [0.15, 0.2) is 22.6 Å². The van der Waals surface area contributed by atoms with E-state index in [-0.39, 0.29) is 6.01 Å². The summed E-state index contributed by atoms with van der Waals surface area (Å²) >= 11 is 0. The van der Waals surface area contributed by atoms with Crippen molar-refractivity contribution in [3.8, 4) is 23.0 Å². The Hall–Kier alpha value is -2.24. The van der Waals surface area contributed by atoms with E-state index in [0.717, 1.165) is 11.3 Å². The lowest BCUT2D eigenvalue weighted by molar-refractivity contribution is 0.171. The first-order valence-electron chi connectivity index (χ1n) is 4.82. The Morgan fingerprint density at radius 2 is 1.88 bits per heavy atom. The van der Waals surface area contributed by atoms with E-state index in [0.29, 0.717) is 24.9 Å². The summed E-state index contributed by atoms with van der Waals surface area (Å²) < 4.78 is 16.0. The average molecular weight is 219 g/mol. The maximum absolute atomic E-state index is 5.45. The summed E-state index contributed by atoms with van der Waals surface area (Å²) in [4.78, 5) is 0. The molecule has 0 aliphatic carbocycles. The number of fused-ring (bicyclic) bond motifs is 1. The summed E-state index contributed by atoms with van der Waals surface area (Å²) in [7, 11) is 0. The molecule has 82 valence electrons. The van der Waals surface area contributed by atoms with Crippen LogP contribution in [0.25, 0.3) is 11.5 Å². The smallest absolute Gasteiger partial charge is 0.313 e. The van der Waals surface area contributed by atoms with Crippen LogP contribution in [-0.4, -0.2) is 23.4 Å². The van der Waals surface area contributed by atoms with Gasteiger partial charge in [-0.1, -0.05) is 5.10 Å². The van der Waals surface area contributed by atoms with Gasteiger partial charge in [0.1, 0.15) is 13.2 Å². The molecular formula is C10H9N3O3. The van der Waals surface area contributed by atoms with Crippen molar-refractivity contribution in [1.82, 2.24) is 10.2 Å². The van der Waals surface area contributed by atoms with Crippen molar-refractivity contribution in [3.05, 3.63) is 18.2 Å². The van der Waals surface area contributed by atoms with Crippen molar-refractivity contribution in [1.29, 1.82) is 0 Å². The van der Waals surface area contributed by atoms with Crippen LogP contribution in [0, 0.1) is 0 Å². The topological polar surface area (TPSA) is 83.4 Å². The van der Waals surface area contributed by atoms with Crippen molar-refractivity contribution in [2.45, 2.75) is 0 Å². The number of benzene rings is 1. The summed E-state index contributed by atoms with van der Waals surface area (Å²) in [6, 6.07) is 5.47. The zero-order chi connectivity index (χ0) is 11.0. The molecule has 2 aromatic rings. The molecule has 0 bridgehead atoms. The number of rotatable bonds is 1. The Labute approximate surface area is 91.0 Å². The van der Waals surface area contributed by atoms with E-state index in [1.165, 1.54) is 0 Å². The van der Waals surface area contributed by atoms with Gasteiger partial charge in [0.2, 0.25) is 5.89 Å². The molecule has 1 aliphatic rings. The summed E-state index contributed by atoms with van der Waals surface area (Å²) in [5, 5.41) is 7.39. The third-order valence-electron chi connectivity index (χ3n) is 2.23. The standard InChI is InChI=1S/C10H9N3O3/c11-10-13-12-9(16-10)6-1-2-7-8(5-6)15-4-3-14-7/h1-2,5H,3-4H2,(H2,11,13). The van der Waals surface area contributed by atoms with E-state index in [1.807, 2.05) is 12.1 Å². The Balaban J connectivity index is 2.02. The molecule has 6 nitrogen and oxygen atoms in total. The van der Waals surface area contributed by atoms with Crippen LogP contribution in [0.3, 0.4) is 0 Å². The second-order valence-electron chi connectivity index (χ2n) is 3.30. The van der Waals surface area contributed by atoms with Crippen molar-refractivity contribution in [2.75, 3.05) is 18.9 Å². The van der Waals surface area contributed by atoms with E-state index in [2.05, 4.69) is 10.2 Å². The maximum atomic E-state index is 5.45. The molecule has 0 atom stereocenters. The molecule has 0 saturated carbocycles. The number of nitrogen functional groups attached to an aromatic ring is 1. The highest BCUT2D eigenvalue weighted by Gasteiger charge is 2.14. The molecule has 0 radical (unpaired) electrons. The monoisotopic (exact) mass is 219 g/mol. The molecule has 2 heterocycles. The van der Waals surface area contributed by atoms with Crippen LogP contribution < -0.4 is 15.2 Å². The van der Waals surface area contributed by atoms with Gasteiger partial charge in [0.15, 0.2) is 11.5 Å². The van der Waals surface area contributed by atoms with Gasteiger partial charge in [-0.15, -0.1) is 5.10 Å². The van der Waals surface area contributed by atoms with Gasteiger partial charge in [0, 0.05) is 5.56 Å². The van der Waals surface area contributed by atoms with Crippen LogP contribution in [0.2, 0.25) is 0 Å². The molecule has 0 saturated heterocycles. The van der Waals surface area contributed by atoms with E-state index in [4.69, 9.17) is 19.6 Å². The number of ether oxygens (including phenoxy) is 2. The molecule has 1 aromatic heterocycles. The third kappa shape index (κ3) is 1.44. The van der Waals surface area contributed by atoms with E-state index >= 15 is 0 Å². The van der Waals surface area contributed by atoms with Crippen LogP contribution in [0.1, 0.15) is 0 Å². The Morgan fingerprint density at radius 3 is 2.62 bits per heavy atom. The first-order chi connectivity index (χ1) is 7.83. The molecule has 2 N–H and O–H groups in total. The lowest BCUT2D eigenvalue weighted by Crippen LogP contribution is -2.15. The fourth-order valence-electron chi connectivity index (χ4n) is 1.53. The molecule has 1 aliphatic heterocycles. The summed E-state index contributed by atoms with van der Waals surface area (Å²) in [6.07, 6.45) is 0. The number of aromatic nitrogens is 2. The van der Waals surface area contributed by atoms with Gasteiger partial charge in [-0.2, -0.15) is 0 Å². The van der Waals surface area contributed by atoms with Crippen molar-refractivity contribution < 1.29 is 13.9 Å². The molecule has 0 amide bonds. The van der Waals surface area contributed by atoms with E-state index < -0.39 is 0 Å². The highest BCUT2D eigenvalue weighted by molar-refractivity contribution is 5.60. The zero-order valence-electron chi connectivity index (χ0n) is 8.34. The summed E-state index contributed by atoms with van der Waals surface area (Å²) in [5.41, 5.74) is 6.12. The lowest BCUT2D eigenvalue weighted by atomic mass is 10.2. The van der Waals surface area contributed by atoms with E-state index in [9.17, 15) is 0 Å². The number of hydrogen-bond donors (Lipinski definition) is 1. The van der Waals surface area contributed by atoms with Gasteiger partial charge in [0.05, 0.1) is 0 Å². The molecule has 1 aromatic carbocycles. The number of nitrogens with two attached hydrogens (primary N) is 1. The highest BCUT2D eigenvalue weighted by Crippen LogP contribution is 2.34. The molecule has 0 fully saturated rings. The van der Waals surface area contributed by atoms with E-state index in [1.54, 1.807) is 6.07 Å². The predicted octanol–water partition coefficient (Wildman–Crippen LogP) is 1.09. The van der Waals surface area contributed by atoms with Gasteiger partial charge in [0.25, 0.3) is 0 Å². The molecule has 6 heteroatoms. The normalized spacial score (nSPS) is 13.8. The largest absolute Gasteiger partial charge is 0.486 e. The number of nitrogens with zero attached hydrogens (tertiary/aromatic N) is 2. The first kappa shape index (κ1) is 9.02. The molecule has 3 rings (SSSR count). The van der Waals surface area contributed by atoms with Crippen molar-refractivity contribution in [2.24, 2.45) is 0 Å². The summed E-state index contributed by atoms with van der Waals surface area (Å²) in [5.74, 6) is 1.78. The zero-order valence-corrected chi connectivity index (χ0v) is 8.34.